The lowest BCUT2D eigenvalue weighted by Gasteiger charge is -2.09. The van der Waals surface area contributed by atoms with E-state index in [9.17, 15) is 9.59 Å². The lowest BCUT2D eigenvalue weighted by molar-refractivity contribution is -0.141. The Morgan fingerprint density at radius 2 is 2.33 bits per heavy atom. The molecule has 2 heterocycles. The van der Waals surface area contributed by atoms with Gasteiger partial charge in [-0.25, -0.2) is 9.67 Å². The third-order valence-corrected chi connectivity index (χ3v) is 4.21. The number of rotatable bonds is 5. The minimum absolute atomic E-state index is 0.223. The highest BCUT2D eigenvalue weighted by Gasteiger charge is 2.12. The maximum absolute atomic E-state index is 12.0. The molecule has 1 N–H and O–H groups in total. The van der Waals surface area contributed by atoms with Gasteiger partial charge in [0.15, 0.2) is 0 Å². The van der Waals surface area contributed by atoms with Crippen molar-refractivity contribution in [3.8, 4) is 0 Å². The second-order valence-corrected chi connectivity index (χ2v) is 5.98. The molecule has 0 atom stereocenters. The molecule has 0 aromatic carbocycles. The lowest BCUT2D eigenvalue weighted by atomic mass is 10.4. The average molecular weight is 373 g/mol. The third kappa shape index (κ3) is 3.88. The zero-order chi connectivity index (χ0) is 15.4. The Bertz CT molecular complexity index is 713. The quantitative estimate of drug-likeness (QED) is 0.801. The Labute approximate surface area is 133 Å². The van der Waals surface area contributed by atoms with Crippen LogP contribution in [-0.2, 0) is 22.6 Å². The third-order valence-electron chi connectivity index (χ3n) is 2.62. The zero-order valence-electron chi connectivity index (χ0n) is 11.4. The number of nitrogens with zero attached hydrogens (tertiary/aromatic N) is 3. The van der Waals surface area contributed by atoms with Gasteiger partial charge in [0, 0.05) is 5.38 Å². The van der Waals surface area contributed by atoms with E-state index in [1.54, 1.807) is 11.3 Å². The van der Waals surface area contributed by atoms with Gasteiger partial charge < -0.3 is 10.1 Å². The van der Waals surface area contributed by atoms with E-state index in [-0.39, 0.29) is 6.54 Å². The van der Waals surface area contributed by atoms with Crippen molar-refractivity contribution in [2.75, 3.05) is 12.4 Å². The Morgan fingerprint density at radius 1 is 1.57 bits per heavy atom. The van der Waals surface area contributed by atoms with E-state index in [0.29, 0.717) is 16.7 Å². The summed E-state index contributed by atoms with van der Waals surface area (Å²) in [6.07, 6.45) is 1.48. The number of ether oxygens (including phenoxy) is 1. The number of carbonyl (C=O) groups excluding carboxylic acids is 1. The van der Waals surface area contributed by atoms with Crippen LogP contribution in [0.4, 0.5) is 5.69 Å². The predicted octanol–water partition coefficient (Wildman–Crippen LogP) is 1.56. The average Bonchev–Trinajstić information content (AvgIpc) is 2.88. The highest BCUT2D eigenvalue weighted by molar-refractivity contribution is 9.10. The summed E-state index contributed by atoms with van der Waals surface area (Å²) in [5, 5.41) is 9.95. The molecule has 0 spiro atoms. The Hall–Kier alpha value is -1.74. The molecule has 0 saturated carbocycles. The highest BCUT2D eigenvalue weighted by Crippen LogP contribution is 2.17. The van der Waals surface area contributed by atoms with E-state index in [1.165, 1.54) is 13.3 Å². The van der Waals surface area contributed by atoms with E-state index >= 15 is 0 Å². The van der Waals surface area contributed by atoms with Gasteiger partial charge in [0.2, 0.25) is 0 Å². The van der Waals surface area contributed by atoms with Crippen LogP contribution in [0.1, 0.15) is 10.7 Å². The molecular weight excluding hydrogens is 360 g/mol. The summed E-state index contributed by atoms with van der Waals surface area (Å²) in [5.74, 6) is -0.532. The van der Waals surface area contributed by atoms with Crippen molar-refractivity contribution in [1.29, 1.82) is 0 Å². The maximum Gasteiger partial charge on any atom is 0.327 e. The van der Waals surface area contributed by atoms with Gasteiger partial charge in [-0.3, -0.25) is 9.59 Å². The van der Waals surface area contributed by atoms with Gasteiger partial charge >= 0.3 is 5.97 Å². The van der Waals surface area contributed by atoms with Gasteiger partial charge in [-0.2, -0.15) is 5.10 Å². The van der Waals surface area contributed by atoms with E-state index < -0.39 is 11.5 Å². The van der Waals surface area contributed by atoms with Crippen molar-refractivity contribution >= 4 is 38.9 Å². The summed E-state index contributed by atoms with van der Waals surface area (Å²) in [6, 6.07) is 0. The van der Waals surface area contributed by atoms with Gasteiger partial charge in [-0.05, 0) is 22.9 Å². The maximum atomic E-state index is 12.0. The smallest absolute Gasteiger partial charge is 0.327 e. The molecule has 0 aliphatic heterocycles. The van der Waals surface area contributed by atoms with Crippen LogP contribution in [0, 0.1) is 6.92 Å². The van der Waals surface area contributed by atoms with Gasteiger partial charge in [-0.15, -0.1) is 11.3 Å². The molecule has 2 aromatic rings. The number of esters is 1. The first-order valence-electron chi connectivity index (χ1n) is 5.98. The summed E-state index contributed by atoms with van der Waals surface area (Å²) in [4.78, 5) is 27.6. The monoisotopic (exact) mass is 372 g/mol. The summed E-state index contributed by atoms with van der Waals surface area (Å²) in [6.45, 7) is 2.20. The summed E-state index contributed by atoms with van der Waals surface area (Å²) in [5.41, 5.74) is 1.04. The fourth-order valence-electron chi connectivity index (χ4n) is 1.56. The van der Waals surface area contributed by atoms with Crippen molar-refractivity contribution in [1.82, 2.24) is 14.8 Å². The summed E-state index contributed by atoms with van der Waals surface area (Å²) in [7, 11) is 1.26. The molecule has 0 unspecified atom stereocenters. The molecule has 0 amide bonds. The molecule has 7 nitrogen and oxygen atoms in total. The van der Waals surface area contributed by atoms with Crippen LogP contribution < -0.4 is 10.9 Å². The van der Waals surface area contributed by atoms with Crippen molar-refractivity contribution in [3.63, 3.8) is 0 Å². The SMILES string of the molecule is COC(=O)Cn1ncc(NCc2csc(C)n2)c(Br)c1=O. The normalized spacial score (nSPS) is 10.4. The van der Waals surface area contributed by atoms with Crippen LogP contribution in [0.2, 0.25) is 0 Å². The van der Waals surface area contributed by atoms with Crippen LogP contribution in [0.3, 0.4) is 0 Å². The topological polar surface area (TPSA) is 86.1 Å². The number of carbonyl (C=O) groups is 1. The number of aromatic nitrogens is 3. The minimum Gasteiger partial charge on any atom is -0.468 e. The number of hydrogen-bond donors (Lipinski definition) is 1. The first kappa shape index (κ1) is 15.6. The van der Waals surface area contributed by atoms with Crippen LogP contribution in [0.15, 0.2) is 20.8 Å². The van der Waals surface area contributed by atoms with Gasteiger partial charge in [-0.1, -0.05) is 0 Å². The summed E-state index contributed by atoms with van der Waals surface area (Å²) >= 11 is 4.78. The van der Waals surface area contributed by atoms with E-state index in [4.69, 9.17) is 0 Å². The van der Waals surface area contributed by atoms with E-state index in [0.717, 1.165) is 15.4 Å². The molecule has 21 heavy (non-hydrogen) atoms. The molecule has 0 saturated heterocycles. The molecule has 0 fully saturated rings. The molecule has 0 radical (unpaired) electrons. The standard InChI is InChI=1S/C12H13BrN4O3S/c1-7-16-8(6-21-7)3-14-9-4-15-17(5-10(18)20-2)12(19)11(9)13/h4,6,14H,3,5H2,1-2H3. The second kappa shape index (κ2) is 6.81. The van der Waals surface area contributed by atoms with Gasteiger partial charge in [0.25, 0.3) is 5.56 Å². The Morgan fingerprint density at radius 3 is 2.95 bits per heavy atom. The number of halogens is 1. The van der Waals surface area contributed by atoms with E-state index in [2.05, 4.69) is 36.1 Å². The van der Waals surface area contributed by atoms with Crippen LogP contribution in [-0.4, -0.2) is 27.8 Å². The summed E-state index contributed by atoms with van der Waals surface area (Å²) < 4.78 is 5.86. The van der Waals surface area contributed by atoms with Crippen molar-refractivity contribution in [2.24, 2.45) is 0 Å². The highest BCUT2D eigenvalue weighted by atomic mass is 79.9. The van der Waals surface area contributed by atoms with Crippen LogP contribution in [0.25, 0.3) is 0 Å². The predicted molar refractivity (Wildman–Crippen MR) is 82.4 cm³/mol. The zero-order valence-corrected chi connectivity index (χ0v) is 13.8. The first-order valence-corrected chi connectivity index (χ1v) is 7.66. The van der Waals surface area contributed by atoms with E-state index in [1.807, 2.05) is 12.3 Å². The number of nitrogens with one attached hydrogen (secondary N) is 1. The van der Waals surface area contributed by atoms with Crippen LogP contribution in [0.5, 0.6) is 0 Å². The Kier molecular flexibility index (Phi) is 5.07. The number of aryl methyl sites for hydroxylation is 1. The molecule has 9 heteroatoms. The Balaban J connectivity index is 2.13. The molecule has 0 aliphatic carbocycles. The first-order chi connectivity index (χ1) is 10.0. The number of thiazole rings is 1. The minimum atomic E-state index is -0.532. The van der Waals surface area contributed by atoms with Crippen molar-refractivity contribution < 1.29 is 9.53 Å². The fourth-order valence-corrected chi connectivity index (χ4v) is 2.62. The largest absolute Gasteiger partial charge is 0.468 e. The molecule has 112 valence electrons. The number of hydrogen-bond acceptors (Lipinski definition) is 7. The number of anilines is 1. The van der Waals surface area contributed by atoms with Crippen LogP contribution >= 0.6 is 27.3 Å². The molecule has 0 aliphatic rings. The molecular formula is C12H13BrN4O3S. The fraction of sp³-hybridized carbons (Fsp3) is 0.333. The number of methoxy groups -OCH3 is 1. The van der Waals surface area contributed by atoms with Crippen molar-refractivity contribution in [2.45, 2.75) is 20.0 Å². The second-order valence-electron chi connectivity index (χ2n) is 4.12. The molecule has 0 bridgehead atoms. The van der Waals surface area contributed by atoms with Gasteiger partial charge in [0.1, 0.15) is 11.0 Å². The molecule has 2 aromatic heterocycles. The lowest BCUT2D eigenvalue weighted by Crippen LogP contribution is -2.28. The van der Waals surface area contributed by atoms with Gasteiger partial charge in [0.05, 0.1) is 36.2 Å². The molecule has 2 rings (SSSR count). The van der Waals surface area contributed by atoms with Crippen molar-refractivity contribution in [3.05, 3.63) is 37.1 Å².